The van der Waals surface area contributed by atoms with Crippen LogP contribution in [0.2, 0.25) is 5.02 Å². The molecule has 1 heterocycles. The zero-order valence-electron chi connectivity index (χ0n) is 12.1. The summed E-state index contributed by atoms with van der Waals surface area (Å²) in [4.78, 5) is 4.16. The average molecular weight is 309 g/mol. The molecule has 0 saturated heterocycles. The molecular formula is C16H18ClFN2O. The molecule has 2 aromatic rings. The molecule has 0 amide bonds. The van der Waals surface area contributed by atoms with Gasteiger partial charge in [-0.1, -0.05) is 24.6 Å². The van der Waals surface area contributed by atoms with Crippen molar-refractivity contribution < 1.29 is 9.13 Å². The van der Waals surface area contributed by atoms with Crippen molar-refractivity contribution in [3.63, 3.8) is 0 Å². The quantitative estimate of drug-likeness (QED) is 0.876. The van der Waals surface area contributed by atoms with E-state index in [4.69, 9.17) is 16.3 Å². The van der Waals surface area contributed by atoms with Gasteiger partial charge in [-0.15, -0.1) is 0 Å². The second-order valence-corrected chi connectivity index (χ2v) is 5.07. The van der Waals surface area contributed by atoms with E-state index >= 15 is 0 Å². The summed E-state index contributed by atoms with van der Waals surface area (Å²) in [6.45, 7) is 2.66. The highest BCUT2D eigenvalue weighted by Crippen LogP contribution is 2.31. The summed E-state index contributed by atoms with van der Waals surface area (Å²) in [6.07, 6.45) is 4.25. The van der Waals surface area contributed by atoms with Gasteiger partial charge >= 0.3 is 0 Å². The lowest BCUT2D eigenvalue weighted by molar-refractivity contribution is 0.315. The minimum absolute atomic E-state index is 0.346. The Morgan fingerprint density at radius 3 is 2.86 bits per heavy atom. The molecule has 1 N–H and O–H groups in total. The van der Waals surface area contributed by atoms with E-state index in [0.29, 0.717) is 22.9 Å². The fourth-order valence-corrected chi connectivity index (χ4v) is 2.43. The number of nitrogens with one attached hydrogen (secondary N) is 1. The van der Waals surface area contributed by atoms with Gasteiger partial charge in [0.25, 0.3) is 0 Å². The van der Waals surface area contributed by atoms with Crippen molar-refractivity contribution >= 4 is 11.6 Å². The highest BCUT2D eigenvalue weighted by Gasteiger charge is 2.20. The SMILES string of the molecule is CCCOc1cncc(C(NC)c2c(F)cccc2Cl)c1. The summed E-state index contributed by atoms with van der Waals surface area (Å²) in [7, 11) is 1.76. The van der Waals surface area contributed by atoms with Crippen LogP contribution in [0.5, 0.6) is 5.75 Å². The van der Waals surface area contributed by atoms with E-state index in [2.05, 4.69) is 10.3 Å². The van der Waals surface area contributed by atoms with Crippen LogP contribution >= 0.6 is 11.6 Å². The molecule has 0 spiro atoms. The molecule has 0 aliphatic carbocycles. The van der Waals surface area contributed by atoms with Crippen molar-refractivity contribution in [3.8, 4) is 5.75 Å². The Balaban J connectivity index is 2.37. The average Bonchev–Trinajstić information content (AvgIpc) is 2.49. The number of ether oxygens (including phenoxy) is 1. The van der Waals surface area contributed by atoms with E-state index in [0.717, 1.165) is 12.0 Å². The van der Waals surface area contributed by atoms with E-state index in [-0.39, 0.29) is 11.9 Å². The Morgan fingerprint density at radius 2 is 2.19 bits per heavy atom. The maximum atomic E-state index is 14.1. The maximum Gasteiger partial charge on any atom is 0.137 e. The summed E-state index contributed by atoms with van der Waals surface area (Å²) >= 11 is 6.14. The van der Waals surface area contributed by atoms with Gasteiger partial charge in [-0.3, -0.25) is 4.98 Å². The molecule has 1 atom stereocenters. The molecule has 2 rings (SSSR count). The van der Waals surface area contributed by atoms with E-state index in [1.807, 2.05) is 13.0 Å². The van der Waals surface area contributed by atoms with Crippen LogP contribution in [0, 0.1) is 5.82 Å². The van der Waals surface area contributed by atoms with Crippen molar-refractivity contribution in [2.24, 2.45) is 0 Å². The van der Waals surface area contributed by atoms with Gasteiger partial charge in [0.2, 0.25) is 0 Å². The Labute approximate surface area is 129 Å². The number of benzene rings is 1. The van der Waals surface area contributed by atoms with Gasteiger partial charge in [-0.25, -0.2) is 4.39 Å². The lowest BCUT2D eigenvalue weighted by Gasteiger charge is -2.19. The number of hydrogen-bond donors (Lipinski definition) is 1. The van der Waals surface area contributed by atoms with Crippen molar-refractivity contribution in [3.05, 3.63) is 58.6 Å². The van der Waals surface area contributed by atoms with Crippen molar-refractivity contribution in [2.75, 3.05) is 13.7 Å². The van der Waals surface area contributed by atoms with Gasteiger partial charge < -0.3 is 10.1 Å². The van der Waals surface area contributed by atoms with Crippen LogP contribution in [0.1, 0.15) is 30.5 Å². The lowest BCUT2D eigenvalue weighted by Crippen LogP contribution is -2.19. The molecule has 21 heavy (non-hydrogen) atoms. The third-order valence-corrected chi connectivity index (χ3v) is 3.45. The molecular weight excluding hydrogens is 291 g/mol. The Hall–Kier alpha value is -1.65. The van der Waals surface area contributed by atoms with E-state index in [9.17, 15) is 4.39 Å². The second-order valence-electron chi connectivity index (χ2n) is 4.66. The van der Waals surface area contributed by atoms with Crippen LogP contribution in [0.15, 0.2) is 36.7 Å². The zero-order chi connectivity index (χ0) is 15.2. The Kier molecular flexibility index (Phi) is 5.53. The second kappa shape index (κ2) is 7.38. The monoisotopic (exact) mass is 308 g/mol. The predicted molar refractivity (Wildman–Crippen MR) is 82.3 cm³/mol. The molecule has 5 heteroatoms. The normalized spacial score (nSPS) is 12.2. The predicted octanol–water partition coefficient (Wildman–Crippen LogP) is 3.97. The van der Waals surface area contributed by atoms with Crippen LogP contribution in [0.3, 0.4) is 0 Å². The van der Waals surface area contributed by atoms with Gasteiger partial charge in [0.05, 0.1) is 18.8 Å². The van der Waals surface area contributed by atoms with Crippen molar-refractivity contribution in [1.82, 2.24) is 10.3 Å². The molecule has 0 fully saturated rings. The zero-order valence-corrected chi connectivity index (χ0v) is 12.8. The van der Waals surface area contributed by atoms with Crippen molar-refractivity contribution in [1.29, 1.82) is 0 Å². The first-order valence-electron chi connectivity index (χ1n) is 6.86. The standard InChI is InChI=1S/C16H18ClFN2O/c1-3-7-21-12-8-11(9-20-10-12)16(19-2)15-13(17)5-4-6-14(15)18/h4-6,8-10,16,19H,3,7H2,1-2H3. The first kappa shape index (κ1) is 15.7. The summed E-state index contributed by atoms with van der Waals surface area (Å²) in [5.74, 6) is 0.323. The number of nitrogens with zero attached hydrogens (tertiary/aromatic N) is 1. The number of aromatic nitrogens is 1. The smallest absolute Gasteiger partial charge is 0.137 e. The largest absolute Gasteiger partial charge is 0.492 e. The van der Waals surface area contributed by atoms with Gasteiger partial charge in [0.1, 0.15) is 11.6 Å². The van der Waals surface area contributed by atoms with Gasteiger partial charge in [-0.05, 0) is 37.2 Å². The molecule has 1 aromatic heterocycles. The summed E-state index contributed by atoms with van der Waals surface area (Å²) in [5.41, 5.74) is 1.22. The fourth-order valence-electron chi connectivity index (χ4n) is 2.16. The Bertz CT molecular complexity index is 586. The molecule has 0 saturated carbocycles. The highest BCUT2D eigenvalue weighted by atomic mass is 35.5. The van der Waals surface area contributed by atoms with Crippen LogP contribution in [-0.4, -0.2) is 18.6 Å². The molecule has 3 nitrogen and oxygen atoms in total. The molecule has 0 aliphatic rings. The molecule has 1 unspecified atom stereocenters. The minimum Gasteiger partial charge on any atom is -0.492 e. The van der Waals surface area contributed by atoms with Crippen LogP contribution < -0.4 is 10.1 Å². The molecule has 0 aliphatic heterocycles. The number of halogens is 2. The summed E-state index contributed by atoms with van der Waals surface area (Å²) in [6, 6.07) is 6.14. The molecule has 0 bridgehead atoms. The third-order valence-electron chi connectivity index (χ3n) is 3.12. The molecule has 112 valence electrons. The summed E-state index contributed by atoms with van der Waals surface area (Å²) < 4.78 is 19.7. The minimum atomic E-state index is -0.378. The fraction of sp³-hybridized carbons (Fsp3) is 0.312. The number of pyridine rings is 1. The van der Waals surface area contributed by atoms with E-state index < -0.39 is 0 Å². The van der Waals surface area contributed by atoms with Gasteiger partial charge in [0, 0.05) is 16.8 Å². The number of rotatable bonds is 6. The van der Waals surface area contributed by atoms with Crippen LogP contribution in [0.25, 0.3) is 0 Å². The third kappa shape index (κ3) is 3.71. The van der Waals surface area contributed by atoms with Gasteiger partial charge in [-0.2, -0.15) is 0 Å². The molecule has 1 aromatic carbocycles. The first-order chi connectivity index (χ1) is 10.2. The van der Waals surface area contributed by atoms with Crippen LogP contribution in [0.4, 0.5) is 4.39 Å². The first-order valence-corrected chi connectivity index (χ1v) is 7.24. The maximum absolute atomic E-state index is 14.1. The summed E-state index contributed by atoms with van der Waals surface area (Å²) in [5, 5.41) is 3.46. The van der Waals surface area contributed by atoms with Crippen LogP contribution in [-0.2, 0) is 0 Å². The van der Waals surface area contributed by atoms with Gasteiger partial charge in [0.15, 0.2) is 0 Å². The van der Waals surface area contributed by atoms with E-state index in [1.54, 1.807) is 31.6 Å². The highest BCUT2D eigenvalue weighted by molar-refractivity contribution is 6.31. The Morgan fingerprint density at radius 1 is 1.38 bits per heavy atom. The van der Waals surface area contributed by atoms with Crippen molar-refractivity contribution in [2.45, 2.75) is 19.4 Å². The lowest BCUT2D eigenvalue weighted by atomic mass is 9.99. The topological polar surface area (TPSA) is 34.1 Å². The number of hydrogen-bond acceptors (Lipinski definition) is 3. The van der Waals surface area contributed by atoms with E-state index in [1.165, 1.54) is 6.07 Å². The molecule has 0 radical (unpaired) electrons.